The molecular formula is C29H30Cl2N2O4. The van der Waals surface area contributed by atoms with E-state index in [4.69, 9.17) is 27.9 Å². The normalized spacial score (nSPS) is 18.7. The van der Waals surface area contributed by atoms with Crippen LogP contribution in [0.2, 0.25) is 10.0 Å². The van der Waals surface area contributed by atoms with E-state index in [2.05, 4.69) is 21.7 Å². The van der Waals surface area contributed by atoms with Crippen LogP contribution in [0.1, 0.15) is 42.9 Å². The molecule has 0 bridgehead atoms. The molecule has 0 saturated carbocycles. The van der Waals surface area contributed by atoms with Crippen LogP contribution < -0.4 is 4.74 Å². The number of aliphatic carboxylic acids is 1. The van der Waals surface area contributed by atoms with E-state index >= 15 is 0 Å². The van der Waals surface area contributed by atoms with Crippen LogP contribution in [0.5, 0.6) is 5.75 Å². The molecule has 3 aromatic rings. The van der Waals surface area contributed by atoms with Crippen molar-refractivity contribution in [3.8, 4) is 17.6 Å². The van der Waals surface area contributed by atoms with Gasteiger partial charge in [0.2, 0.25) is 0 Å². The Balaban J connectivity index is 1.39. The number of likely N-dealkylation sites (tertiary alicyclic amines) is 1. The number of pyridine rings is 1. The Morgan fingerprint density at radius 2 is 1.97 bits per heavy atom. The zero-order valence-electron chi connectivity index (χ0n) is 20.7. The lowest BCUT2D eigenvalue weighted by Crippen LogP contribution is -2.41. The number of aliphatic hydroxyl groups excluding tert-OH is 1. The largest absolute Gasteiger partial charge is 0.497 e. The van der Waals surface area contributed by atoms with Gasteiger partial charge in [0, 0.05) is 40.2 Å². The molecule has 1 saturated heterocycles. The first-order valence-corrected chi connectivity index (χ1v) is 13.1. The van der Waals surface area contributed by atoms with E-state index in [1.54, 1.807) is 31.5 Å². The topological polar surface area (TPSA) is 82.9 Å². The van der Waals surface area contributed by atoms with Crippen molar-refractivity contribution in [2.24, 2.45) is 11.8 Å². The predicted molar refractivity (Wildman–Crippen MR) is 146 cm³/mol. The van der Waals surface area contributed by atoms with Gasteiger partial charge < -0.3 is 14.9 Å². The van der Waals surface area contributed by atoms with Crippen molar-refractivity contribution in [1.82, 2.24) is 9.88 Å². The number of methoxy groups -OCH3 is 1. The van der Waals surface area contributed by atoms with Crippen molar-refractivity contribution >= 4 is 40.1 Å². The van der Waals surface area contributed by atoms with Gasteiger partial charge >= 0.3 is 5.97 Å². The lowest BCUT2D eigenvalue weighted by molar-refractivity contribution is -0.139. The van der Waals surface area contributed by atoms with Gasteiger partial charge in [0.05, 0.1) is 25.3 Å². The molecule has 3 atom stereocenters. The smallest absolute Gasteiger partial charge is 0.303 e. The van der Waals surface area contributed by atoms with E-state index in [9.17, 15) is 15.0 Å². The standard InChI is InChI=1S/C29H30Cl2N2O4/c1-37-24-5-6-27-26(17-24)25(8-10-32-27)28(34)7-4-20-9-12-33(18-21(20)15-29(35)36)11-2-3-19-13-22(30)16-23(31)14-19/h5-6,8,10,13-14,16-17,20-21,28,34H,4,7,9,11-12,15,18H2,1H3,(H,35,36)/t20-,21+,28?/m1/s1. The van der Waals surface area contributed by atoms with Crippen LogP contribution in [-0.2, 0) is 4.79 Å². The van der Waals surface area contributed by atoms with Gasteiger partial charge in [0.15, 0.2) is 0 Å². The average molecular weight is 541 g/mol. The number of aliphatic hydroxyl groups is 1. The zero-order chi connectivity index (χ0) is 26.4. The van der Waals surface area contributed by atoms with E-state index in [0.29, 0.717) is 35.3 Å². The first-order valence-electron chi connectivity index (χ1n) is 12.3. The van der Waals surface area contributed by atoms with Crippen molar-refractivity contribution in [3.63, 3.8) is 0 Å². The van der Waals surface area contributed by atoms with E-state index < -0.39 is 12.1 Å². The van der Waals surface area contributed by atoms with Crippen LogP contribution in [-0.4, -0.2) is 52.8 Å². The van der Waals surface area contributed by atoms with Crippen molar-refractivity contribution < 1.29 is 19.7 Å². The molecule has 6 nitrogen and oxygen atoms in total. The summed E-state index contributed by atoms with van der Waals surface area (Å²) in [6.07, 6.45) is 3.29. The number of carbonyl (C=O) groups is 1. The fourth-order valence-electron chi connectivity index (χ4n) is 5.11. The Morgan fingerprint density at radius 1 is 1.19 bits per heavy atom. The van der Waals surface area contributed by atoms with Crippen molar-refractivity contribution in [2.75, 3.05) is 26.7 Å². The molecule has 1 aliphatic rings. The Morgan fingerprint density at radius 3 is 2.70 bits per heavy atom. The molecule has 0 spiro atoms. The van der Waals surface area contributed by atoms with Crippen LogP contribution >= 0.6 is 23.2 Å². The summed E-state index contributed by atoms with van der Waals surface area (Å²) in [4.78, 5) is 18.2. The molecule has 4 rings (SSSR count). The molecule has 1 unspecified atom stereocenters. The number of carboxylic acids is 1. The maximum Gasteiger partial charge on any atom is 0.303 e. The number of benzene rings is 2. The van der Waals surface area contributed by atoms with Crippen LogP contribution in [0.4, 0.5) is 0 Å². The summed E-state index contributed by atoms with van der Waals surface area (Å²) in [6.45, 7) is 2.03. The summed E-state index contributed by atoms with van der Waals surface area (Å²) in [5, 5.41) is 22.5. The number of carboxylic acid groups (broad SMARTS) is 1. The molecule has 2 N–H and O–H groups in total. The summed E-state index contributed by atoms with van der Waals surface area (Å²) in [5.74, 6) is 6.38. The van der Waals surface area contributed by atoms with Crippen LogP contribution in [0.25, 0.3) is 10.9 Å². The van der Waals surface area contributed by atoms with Crippen LogP contribution in [0.15, 0.2) is 48.7 Å². The molecule has 8 heteroatoms. The molecule has 194 valence electrons. The first-order chi connectivity index (χ1) is 17.8. The van der Waals surface area contributed by atoms with Gasteiger partial charge in [0.25, 0.3) is 0 Å². The average Bonchev–Trinajstić information content (AvgIpc) is 2.86. The molecule has 0 radical (unpaired) electrons. The van der Waals surface area contributed by atoms with Crippen molar-refractivity contribution in [2.45, 2.75) is 31.8 Å². The van der Waals surface area contributed by atoms with Crippen molar-refractivity contribution in [1.29, 1.82) is 0 Å². The Labute approximate surface area is 227 Å². The molecule has 0 aliphatic carbocycles. The lowest BCUT2D eigenvalue weighted by Gasteiger charge is -2.37. The number of halogens is 2. The number of piperidine rings is 1. The van der Waals surface area contributed by atoms with Gasteiger partial charge in [0.1, 0.15) is 5.75 Å². The van der Waals surface area contributed by atoms with Crippen LogP contribution in [0.3, 0.4) is 0 Å². The second-order valence-electron chi connectivity index (χ2n) is 9.48. The van der Waals surface area contributed by atoms with E-state index in [1.807, 2.05) is 24.3 Å². The number of rotatable bonds is 8. The summed E-state index contributed by atoms with van der Waals surface area (Å²) in [7, 11) is 1.61. The molecular weight excluding hydrogens is 511 g/mol. The minimum atomic E-state index is -0.802. The summed E-state index contributed by atoms with van der Waals surface area (Å²) >= 11 is 12.1. The Hall–Kier alpha value is -2.82. The molecule has 0 amide bonds. The van der Waals surface area contributed by atoms with Gasteiger partial charge in [-0.1, -0.05) is 35.0 Å². The zero-order valence-corrected chi connectivity index (χ0v) is 22.2. The SMILES string of the molecule is COc1ccc2nccc(C(O)CC[C@@H]3CCN(CC#Cc4cc(Cl)cc(Cl)c4)C[C@@H]3CC(=O)O)c2c1. The van der Waals surface area contributed by atoms with E-state index in [0.717, 1.165) is 41.4 Å². The molecule has 37 heavy (non-hydrogen) atoms. The Bertz CT molecular complexity index is 1300. The summed E-state index contributed by atoms with van der Waals surface area (Å²) in [6, 6.07) is 12.7. The van der Waals surface area contributed by atoms with Gasteiger partial charge in [-0.25, -0.2) is 0 Å². The number of ether oxygens (including phenoxy) is 1. The number of aromatic nitrogens is 1. The highest BCUT2D eigenvalue weighted by Crippen LogP contribution is 2.34. The van der Waals surface area contributed by atoms with Gasteiger partial charge in [-0.3, -0.25) is 14.7 Å². The van der Waals surface area contributed by atoms with E-state index in [1.165, 1.54) is 0 Å². The monoisotopic (exact) mass is 540 g/mol. The van der Waals surface area contributed by atoms with Gasteiger partial charge in [-0.2, -0.15) is 0 Å². The van der Waals surface area contributed by atoms with Crippen molar-refractivity contribution in [3.05, 3.63) is 69.8 Å². The third-order valence-electron chi connectivity index (χ3n) is 6.96. The molecule has 1 aromatic heterocycles. The number of fused-ring (bicyclic) bond motifs is 1. The maximum absolute atomic E-state index is 11.6. The second kappa shape index (κ2) is 12.6. The van der Waals surface area contributed by atoms with Crippen LogP contribution in [0, 0.1) is 23.7 Å². The third-order valence-corrected chi connectivity index (χ3v) is 7.40. The number of hydrogen-bond acceptors (Lipinski definition) is 5. The summed E-state index contributed by atoms with van der Waals surface area (Å²) < 4.78 is 5.35. The fraction of sp³-hybridized carbons (Fsp3) is 0.379. The minimum absolute atomic E-state index is 0.00450. The second-order valence-corrected chi connectivity index (χ2v) is 10.4. The fourth-order valence-corrected chi connectivity index (χ4v) is 5.63. The highest BCUT2D eigenvalue weighted by Gasteiger charge is 2.31. The number of nitrogens with zero attached hydrogens (tertiary/aromatic N) is 2. The number of hydrogen-bond donors (Lipinski definition) is 2. The molecule has 1 aliphatic heterocycles. The predicted octanol–water partition coefficient (Wildman–Crippen LogP) is 5.83. The summed E-state index contributed by atoms with van der Waals surface area (Å²) in [5.41, 5.74) is 2.37. The quantitative estimate of drug-likeness (QED) is 0.350. The third kappa shape index (κ3) is 7.37. The lowest BCUT2D eigenvalue weighted by atomic mass is 9.79. The minimum Gasteiger partial charge on any atom is -0.497 e. The maximum atomic E-state index is 11.6. The van der Waals surface area contributed by atoms with Gasteiger partial charge in [-0.15, -0.1) is 0 Å². The highest BCUT2D eigenvalue weighted by atomic mass is 35.5. The van der Waals surface area contributed by atoms with E-state index in [-0.39, 0.29) is 18.3 Å². The van der Waals surface area contributed by atoms with Gasteiger partial charge in [-0.05, 0) is 85.7 Å². The molecule has 2 aromatic carbocycles. The Kier molecular flexibility index (Phi) is 9.28. The molecule has 2 heterocycles. The highest BCUT2D eigenvalue weighted by molar-refractivity contribution is 6.34. The first kappa shape index (κ1) is 27.2. The molecule has 1 fully saturated rings.